The molecule has 9 nitrogen and oxygen atoms in total. The fourth-order valence-electron chi connectivity index (χ4n) is 1.78. The number of para-hydroxylation sites is 1. The number of nitro benzene ring substituents is 1. The molecule has 0 fully saturated rings. The molecule has 2 aromatic rings. The lowest BCUT2D eigenvalue weighted by Gasteiger charge is -2.11. The minimum Gasteiger partial charge on any atom is -0.484 e. The Morgan fingerprint density at radius 3 is 2.31 bits per heavy atom. The van der Waals surface area contributed by atoms with Crippen molar-refractivity contribution >= 4 is 34.8 Å². The first kappa shape index (κ1) is 18.8. The molecule has 2 amide bonds. The van der Waals surface area contributed by atoms with Gasteiger partial charge in [-0.1, -0.05) is 18.2 Å². The van der Waals surface area contributed by atoms with Gasteiger partial charge in [-0.05, 0) is 36.5 Å². The van der Waals surface area contributed by atoms with Gasteiger partial charge in [-0.15, -0.1) is 0 Å². The molecule has 0 atom stereocenters. The normalized spacial score (nSPS) is 9.69. The van der Waals surface area contributed by atoms with Crippen molar-refractivity contribution in [2.45, 2.75) is 0 Å². The summed E-state index contributed by atoms with van der Waals surface area (Å²) >= 11 is 4.88. The Hall–Kier alpha value is -3.53. The van der Waals surface area contributed by atoms with Gasteiger partial charge in [-0.25, -0.2) is 0 Å². The lowest BCUT2D eigenvalue weighted by Crippen LogP contribution is -2.49. The topological polar surface area (TPSA) is 123 Å². The predicted molar refractivity (Wildman–Crippen MR) is 96.4 cm³/mol. The zero-order chi connectivity index (χ0) is 18.9. The smallest absolute Gasteiger partial charge is 0.269 e. The third-order valence-corrected chi connectivity index (χ3v) is 3.20. The van der Waals surface area contributed by atoms with E-state index in [0.717, 1.165) is 0 Å². The third kappa shape index (κ3) is 5.83. The summed E-state index contributed by atoms with van der Waals surface area (Å²) < 4.78 is 5.25. The molecule has 0 saturated heterocycles. The van der Waals surface area contributed by atoms with Crippen molar-refractivity contribution in [1.82, 2.24) is 16.2 Å². The van der Waals surface area contributed by atoms with Crippen LogP contribution in [-0.4, -0.2) is 28.5 Å². The summed E-state index contributed by atoms with van der Waals surface area (Å²) in [6.45, 7) is -0.248. The maximum absolute atomic E-state index is 11.9. The van der Waals surface area contributed by atoms with Crippen molar-refractivity contribution in [3.8, 4) is 5.75 Å². The van der Waals surface area contributed by atoms with E-state index in [2.05, 4.69) is 16.2 Å². The van der Waals surface area contributed by atoms with Gasteiger partial charge in [0.05, 0.1) is 4.92 Å². The standard InChI is InChI=1S/C16H14N4O5S/c21-14(10-25-13-4-2-1-3-5-13)17-16(26)19-18-15(22)11-6-8-12(9-7-11)20(23)24/h1-9H,10H2,(H,18,22)(H2,17,19,21,26). The van der Waals surface area contributed by atoms with E-state index in [4.69, 9.17) is 17.0 Å². The van der Waals surface area contributed by atoms with Crippen molar-refractivity contribution in [3.05, 3.63) is 70.3 Å². The second-order valence-corrected chi connectivity index (χ2v) is 5.27. The molecule has 0 unspecified atom stereocenters. The number of ether oxygens (including phenoxy) is 1. The number of hydrogen-bond donors (Lipinski definition) is 3. The number of rotatable bonds is 5. The summed E-state index contributed by atoms with van der Waals surface area (Å²) in [5, 5.41) is 12.8. The van der Waals surface area contributed by atoms with Crippen LogP contribution >= 0.6 is 12.2 Å². The second-order valence-electron chi connectivity index (χ2n) is 4.86. The molecule has 0 heterocycles. The highest BCUT2D eigenvalue weighted by atomic mass is 32.1. The highest BCUT2D eigenvalue weighted by molar-refractivity contribution is 7.80. The number of non-ortho nitro benzene ring substituents is 1. The number of thiocarbonyl (C=S) groups is 1. The second kappa shape index (κ2) is 9.08. The van der Waals surface area contributed by atoms with Crippen LogP contribution in [0.5, 0.6) is 5.75 Å². The van der Waals surface area contributed by atoms with E-state index in [1.165, 1.54) is 24.3 Å². The van der Waals surface area contributed by atoms with Crippen LogP contribution in [0.4, 0.5) is 5.69 Å². The number of nitro groups is 1. The van der Waals surface area contributed by atoms with Gasteiger partial charge in [0.25, 0.3) is 17.5 Å². The first-order valence-electron chi connectivity index (χ1n) is 7.28. The molecular weight excluding hydrogens is 360 g/mol. The van der Waals surface area contributed by atoms with Crippen molar-refractivity contribution < 1.29 is 19.2 Å². The lowest BCUT2D eigenvalue weighted by molar-refractivity contribution is -0.384. The van der Waals surface area contributed by atoms with Crippen LogP contribution in [-0.2, 0) is 4.79 Å². The fraction of sp³-hybridized carbons (Fsp3) is 0.0625. The summed E-state index contributed by atoms with van der Waals surface area (Å²) in [7, 11) is 0. The first-order valence-corrected chi connectivity index (χ1v) is 7.69. The molecule has 0 saturated carbocycles. The molecule has 3 N–H and O–H groups in total. The van der Waals surface area contributed by atoms with E-state index < -0.39 is 16.7 Å². The number of benzene rings is 2. The van der Waals surface area contributed by atoms with Gasteiger partial charge < -0.3 is 4.74 Å². The van der Waals surface area contributed by atoms with Crippen LogP contribution in [0, 0.1) is 10.1 Å². The number of carbonyl (C=O) groups excluding carboxylic acids is 2. The van der Waals surface area contributed by atoms with Crippen LogP contribution in [0.2, 0.25) is 0 Å². The monoisotopic (exact) mass is 374 g/mol. The van der Waals surface area contributed by atoms with E-state index in [0.29, 0.717) is 5.75 Å². The SMILES string of the molecule is O=C(COc1ccccc1)NC(=S)NNC(=O)c1ccc([N+](=O)[O-])cc1. The lowest BCUT2D eigenvalue weighted by atomic mass is 10.2. The molecule has 0 aromatic heterocycles. The zero-order valence-corrected chi connectivity index (χ0v) is 14.1. The summed E-state index contributed by atoms with van der Waals surface area (Å²) in [5.41, 5.74) is 4.68. The van der Waals surface area contributed by atoms with Gasteiger partial charge in [-0.3, -0.25) is 35.9 Å². The highest BCUT2D eigenvalue weighted by Gasteiger charge is 2.10. The zero-order valence-electron chi connectivity index (χ0n) is 13.3. The maximum atomic E-state index is 11.9. The molecule has 26 heavy (non-hydrogen) atoms. The van der Waals surface area contributed by atoms with Crippen LogP contribution < -0.4 is 20.9 Å². The van der Waals surface area contributed by atoms with Crippen LogP contribution in [0.3, 0.4) is 0 Å². The average Bonchev–Trinajstić information content (AvgIpc) is 2.65. The first-order chi connectivity index (χ1) is 12.5. The molecule has 0 aliphatic carbocycles. The summed E-state index contributed by atoms with van der Waals surface area (Å²) in [4.78, 5) is 33.6. The minimum absolute atomic E-state index is 0.123. The van der Waals surface area contributed by atoms with E-state index >= 15 is 0 Å². The van der Waals surface area contributed by atoms with Crippen molar-refractivity contribution in [2.24, 2.45) is 0 Å². The quantitative estimate of drug-likeness (QED) is 0.410. The maximum Gasteiger partial charge on any atom is 0.269 e. The highest BCUT2D eigenvalue weighted by Crippen LogP contribution is 2.11. The van der Waals surface area contributed by atoms with Gasteiger partial charge in [0.2, 0.25) is 0 Å². The number of nitrogens with zero attached hydrogens (tertiary/aromatic N) is 1. The largest absolute Gasteiger partial charge is 0.484 e. The van der Waals surface area contributed by atoms with E-state index in [-0.39, 0.29) is 23.0 Å². The molecule has 0 radical (unpaired) electrons. The molecule has 0 aliphatic heterocycles. The predicted octanol–water partition coefficient (Wildman–Crippen LogP) is 1.31. The number of nitrogens with one attached hydrogen (secondary N) is 3. The Morgan fingerprint density at radius 1 is 1.04 bits per heavy atom. The van der Waals surface area contributed by atoms with Crippen molar-refractivity contribution in [3.63, 3.8) is 0 Å². The van der Waals surface area contributed by atoms with Gasteiger partial charge in [0.1, 0.15) is 5.75 Å². The molecule has 0 bridgehead atoms. The van der Waals surface area contributed by atoms with Crippen molar-refractivity contribution in [1.29, 1.82) is 0 Å². The summed E-state index contributed by atoms with van der Waals surface area (Å²) in [6, 6.07) is 13.8. The summed E-state index contributed by atoms with van der Waals surface area (Å²) in [6.07, 6.45) is 0. The molecule has 0 aliphatic rings. The van der Waals surface area contributed by atoms with Gasteiger partial charge >= 0.3 is 0 Å². The Kier molecular flexibility index (Phi) is 6.57. The summed E-state index contributed by atoms with van der Waals surface area (Å²) in [5.74, 6) is -0.541. The minimum atomic E-state index is -0.572. The number of carbonyl (C=O) groups is 2. The molecule has 134 valence electrons. The third-order valence-electron chi connectivity index (χ3n) is 3.00. The van der Waals surface area contributed by atoms with Crippen LogP contribution in [0.15, 0.2) is 54.6 Å². The Balaban J connectivity index is 1.74. The molecule has 2 rings (SSSR count). The average molecular weight is 374 g/mol. The van der Waals surface area contributed by atoms with Gasteiger partial charge in [0, 0.05) is 17.7 Å². The van der Waals surface area contributed by atoms with Crippen LogP contribution in [0.25, 0.3) is 0 Å². The molecule has 0 spiro atoms. The fourth-order valence-corrected chi connectivity index (χ4v) is 1.94. The van der Waals surface area contributed by atoms with E-state index in [1.807, 2.05) is 6.07 Å². The number of amides is 2. The van der Waals surface area contributed by atoms with Crippen molar-refractivity contribution in [2.75, 3.05) is 6.61 Å². The van der Waals surface area contributed by atoms with Crippen LogP contribution in [0.1, 0.15) is 10.4 Å². The molecular formula is C16H14N4O5S. The Bertz CT molecular complexity index is 811. The van der Waals surface area contributed by atoms with E-state index in [1.54, 1.807) is 24.3 Å². The Labute approximate surface area is 153 Å². The van der Waals surface area contributed by atoms with E-state index in [9.17, 15) is 19.7 Å². The number of hydrogen-bond acceptors (Lipinski definition) is 6. The molecule has 2 aromatic carbocycles. The Morgan fingerprint density at radius 2 is 1.69 bits per heavy atom. The number of hydrazine groups is 1. The van der Waals surface area contributed by atoms with Gasteiger partial charge in [0.15, 0.2) is 11.7 Å². The van der Waals surface area contributed by atoms with Gasteiger partial charge in [-0.2, -0.15) is 0 Å². The molecule has 10 heteroatoms.